The Hall–Kier alpha value is -9.36. The van der Waals surface area contributed by atoms with Crippen LogP contribution in [0.1, 0.15) is 82.8 Å². The molecule has 0 fully saturated rings. The third-order valence-corrected chi connectivity index (χ3v) is 17.9. The van der Waals surface area contributed by atoms with E-state index in [0.717, 1.165) is 6.42 Å². The Bertz CT molecular complexity index is 4380. The topological polar surface area (TPSA) is 0 Å². The van der Waals surface area contributed by atoms with Gasteiger partial charge in [0.05, 0.1) is 10.8 Å². The molecular formula is C78H56. The Kier molecular flexibility index (Phi) is 10.5. The molecule has 12 aromatic carbocycles. The standard InChI is InChI=1S/C78H56/c1-4-50(2)64(46-51(3)52-24-8-5-9-25-52)57-42-45-63-66(48-57)76(54-28-12-7-13-29-54)62-44-41-55(47-65(62)75(63)53-26-10-6-11-27-53)56-40-43-61-60-32-16-19-35-69(60)78(74(61)49-56)72-38-22-20-36-70(72)77(71-37-21-23-39-73(71)78)67-33-17-14-30-58(67)59-31-15-18-34-68(59)77/h5-49H,4H2,1-3H3/b51-46+,64-50?. The monoisotopic (exact) mass is 992 g/mol. The molecule has 15 rings (SSSR count). The van der Waals surface area contributed by atoms with E-state index >= 15 is 0 Å². The number of allylic oxidation sites excluding steroid dienone is 4. The van der Waals surface area contributed by atoms with Crippen molar-refractivity contribution in [1.29, 1.82) is 0 Å². The molecule has 0 heteroatoms. The number of fused-ring (bicyclic) bond motifs is 18. The van der Waals surface area contributed by atoms with Crippen molar-refractivity contribution in [1.82, 2.24) is 0 Å². The van der Waals surface area contributed by atoms with Crippen molar-refractivity contribution in [2.24, 2.45) is 0 Å². The minimum absolute atomic E-state index is 0.488. The van der Waals surface area contributed by atoms with Gasteiger partial charge in [-0.2, -0.15) is 0 Å². The van der Waals surface area contributed by atoms with Gasteiger partial charge in [0.1, 0.15) is 0 Å². The normalized spacial score (nSPS) is 14.4. The average Bonchev–Trinajstić information content (AvgIpc) is 3.93. The molecule has 0 aromatic heterocycles. The molecule has 2 spiro atoms. The molecular weight excluding hydrogens is 937 g/mol. The highest BCUT2D eigenvalue weighted by molar-refractivity contribution is 6.22. The molecule has 0 bridgehead atoms. The predicted molar refractivity (Wildman–Crippen MR) is 329 cm³/mol. The van der Waals surface area contributed by atoms with Crippen LogP contribution >= 0.6 is 0 Å². The summed E-state index contributed by atoms with van der Waals surface area (Å²) in [5.74, 6) is 0. The van der Waals surface area contributed by atoms with E-state index in [9.17, 15) is 0 Å². The smallest absolute Gasteiger partial charge is 0.0657 e. The van der Waals surface area contributed by atoms with Crippen molar-refractivity contribution in [2.45, 2.75) is 38.0 Å². The fraction of sp³-hybridized carbons (Fsp3) is 0.0769. The van der Waals surface area contributed by atoms with Crippen LogP contribution in [0.3, 0.4) is 0 Å². The minimum atomic E-state index is -0.578. The van der Waals surface area contributed by atoms with Gasteiger partial charge >= 0.3 is 0 Å². The zero-order valence-corrected chi connectivity index (χ0v) is 44.2. The van der Waals surface area contributed by atoms with Gasteiger partial charge in [0, 0.05) is 0 Å². The summed E-state index contributed by atoms with van der Waals surface area (Å²) in [7, 11) is 0. The van der Waals surface area contributed by atoms with Crippen LogP contribution in [0.25, 0.3) is 88.3 Å². The lowest BCUT2D eigenvalue weighted by Crippen LogP contribution is -2.43. The van der Waals surface area contributed by atoms with Crippen LogP contribution in [-0.4, -0.2) is 0 Å². The summed E-state index contributed by atoms with van der Waals surface area (Å²) in [6.07, 6.45) is 3.36. The van der Waals surface area contributed by atoms with E-state index in [2.05, 4.69) is 294 Å². The summed E-state index contributed by atoms with van der Waals surface area (Å²) in [5.41, 5.74) is 28.6. The Balaban J connectivity index is 0.981. The van der Waals surface area contributed by atoms with Gasteiger partial charge in [0.25, 0.3) is 0 Å². The Morgan fingerprint density at radius 3 is 1.19 bits per heavy atom. The van der Waals surface area contributed by atoms with Crippen LogP contribution in [0.2, 0.25) is 0 Å². The van der Waals surface area contributed by atoms with Crippen LogP contribution in [0, 0.1) is 0 Å². The van der Waals surface area contributed by atoms with Gasteiger partial charge in [-0.3, -0.25) is 0 Å². The van der Waals surface area contributed by atoms with E-state index in [0.29, 0.717) is 0 Å². The number of hydrogen-bond donors (Lipinski definition) is 0. The first-order valence-electron chi connectivity index (χ1n) is 27.7. The average molecular weight is 993 g/mol. The lowest BCUT2D eigenvalue weighted by atomic mass is 9.52. The van der Waals surface area contributed by atoms with E-state index in [1.54, 1.807) is 0 Å². The predicted octanol–water partition coefficient (Wildman–Crippen LogP) is 20.3. The molecule has 0 saturated carbocycles. The van der Waals surface area contributed by atoms with E-state index in [1.165, 1.54) is 150 Å². The van der Waals surface area contributed by atoms with E-state index in [1.807, 2.05) is 0 Å². The maximum Gasteiger partial charge on any atom is 0.0720 e. The van der Waals surface area contributed by atoms with Gasteiger partial charge in [-0.1, -0.05) is 267 Å². The zero-order chi connectivity index (χ0) is 52.1. The lowest BCUT2D eigenvalue weighted by molar-refractivity contribution is 0.633. The quantitative estimate of drug-likeness (QED) is 0.110. The summed E-state index contributed by atoms with van der Waals surface area (Å²) in [5, 5.41) is 4.98. The number of benzene rings is 12. The molecule has 3 aliphatic carbocycles. The van der Waals surface area contributed by atoms with E-state index < -0.39 is 10.8 Å². The number of rotatable bonds is 7. The third kappa shape index (κ3) is 6.47. The molecule has 0 saturated heterocycles. The second-order valence-corrected chi connectivity index (χ2v) is 21.7. The van der Waals surface area contributed by atoms with Crippen molar-refractivity contribution in [3.8, 4) is 55.6 Å². The Morgan fingerprint density at radius 1 is 0.308 bits per heavy atom. The Labute approximate surface area is 458 Å². The summed E-state index contributed by atoms with van der Waals surface area (Å²) in [6, 6.07) is 101. The maximum atomic E-state index is 2.56. The van der Waals surface area contributed by atoms with Crippen molar-refractivity contribution >= 4 is 32.7 Å². The minimum Gasteiger partial charge on any atom is -0.0657 e. The van der Waals surface area contributed by atoms with Crippen LogP contribution in [0.15, 0.2) is 279 Å². The summed E-state index contributed by atoms with van der Waals surface area (Å²) >= 11 is 0. The van der Waals surface area contributed by atoms with Gasteiger partial charge in [-0.25, -0.2) is 0 Å². The van der Waals surface area contributed by atoms with Crippen molar-refractivity contribution in [2.75, 3.05) is 0 Å². The fourth-order valence-electron chi connectivity index (χ4n) is 14.5. The highest BCUT2D eigenvalue weighted by atomic mass is 14.6. The molecule has 0 radical (unpaired) electrons. The highest BCUT2D eigenvalue weighted by Crippen LogP contribution is 2.67. The number of hydrogen-bond acceptors (Lipinski definition) is 0. The summed E-state index contributed by atoms with van der Waals surface area (Å²) in [4.78, 5) is 0. The molecule has 0 atom stereocenters. The summed E-state index contributed by atoms with van der Waals surface area (Å²) in [6.45, 7) is 6.80. The lowest BCUT2D eigenvalue weighted by Gasteiger charge is -2.48. The Morgan fingerprint density at radius 2 is 0.692 bits per heavy atom. The first-order valence-corrected chi connectivity index (χ1v) is 27.7. The van der Waals surface area contributed by atoms with Gasteiger partial charge in [0.2, 0.25) is 0 Å². The van der Waals surface area contributed by atoms with E-state index in [4.69, 9.17) is 0 Å². The maximum absolute atomic E-state index is 2.56. The molecule has 3 aliphatic rings. The van der Waals surface area contributed by atoms with Gasteiger partial charge in [0.15, 0.2) is 0 Å². The van der Waals surface area contributed by atoms with Crippen molar-refractivity contribution in [3.63, 3.8) is 0 Å². The van der Waals surface area contributed by atoms with Gasteiger partial charge in [-0.05, 0) is 182 Å². The van der Waals surface area contributed by atoms with Gasteiger partial charge < -0.3 is 0 Å². The fourth-order valence-corrected chi connectivity index (χ4v) is 14.5. The van der Waals surface area contributed by atoms with Crippen LogP contribution < -0.4 is 0 Å². The molecule has 0 N–H and O–H groups in total. The second-order valence-electron chi connectivity index (χ2n) is 21.7. The van der Waals surface area contributed by atoms with Gasteiger partial charge in [-0.15, -0.1) is 0 Å². The molecule has 0 nitrogen and oxygen atoms in total. The molecule has 0 amide bonds. The van der Waals surface area contributed by atoms with Crippen LogP contribution in [0.4, 0.5) is 0 Å². The van der Waals surface area contributed by atoms with Crippen LogP contribution in [0.5, 0.6) is 0 Å². The van der Waals surface area contributed by atoms with Crippen LogP contribution in [-0.2, 0) is 10.8 Å². The molecule has 0 heterocycles. The first kappa shape index (κ1) is 46.0. The third-order valence-electron chi connectivity index (χ3n) is 17.9. The zero-order valence-electron chi connectivity index (χ0n) is 44.2. The summed E-state index contributed by atoms with van der Waals surface area (Å²) < 4.78 is 0. The van der Waals surface area contributed by atoms with Crippen molar-refractivity contribution in [3.05, 3.63) is 334 Å². The molecule has 0 aliphatic heterocycles. The second kappa shape index (κ2) is 17.9. The van der Waals surface area contributed by atoms with E-state index in [-0.39, 0.29) is 0 Å². The molecule has 78 heavy (non-hydrogen) atoms. The largest absolute Gasteiger partial charge is 0.0720 e. The van der Waals surface area contributed by atoms with Crippen molar-refractivity contribution < 1.29 is 0 Å². The first-order chi connectivity index (χ1) is 38.5. The molecule has 368 valence electrons. The highest BCUT2D eigenvalue weighted by Gasteiger charge is 2.58. The molecule has 0 unspecified atom stereocenters. The SMILES string of the molecule is CCC(C)=C(/C=C(\C)c1ccccc1)c1ccc2c(-c3ccccc3)c3cc(-c4ccc5c(c4)C4(c6ccccc6-5)c5ccccc5C5(c6ccccc6-c6ccccc65)c5ccccc54)ccc3c(-c3ccccc3)c2c1. The molecule has 12 aromatic rings.